The Kier molecular flexibility index (Phi) is 5.07. The Bertz CT molecular complexity index is 192. The summed E-state index contributed by atoms with van der Waals surface area (Å²) >= 11 is 0. The van der Waals surface area contributed by atoms with E-state index in [0.29, 0.717) is 6.10 Å². The highest BCUT2D eigenvalue weighted by Gasteiger charge is 2.27. The maximum absolute atomic E-state index is 5.73. The topological polar surface area (TPSA) is 24.5 Å². The molecule has 1 N–H and O–H groups in total. The number of rotatable bonds is 6. The second-order valence-electron chi connectivity index (χ2n) is 5.13. The van der Waals surface area contributed by atoms with Crippen molar-refractivity contribution in [1.29, 1.82) is 0 Å². The molecule has 0 saturated carbocycles. The molecule has 3 heteroatoms. The van der Waals surface area contributed by atoms with Gasteiger partial charge in [-0.25, -0.2) is 0 Å². The van der Waals surface area contributed by atoms with E-state index >= 15 is 0 Å². The van der Waals surface area contributed by atoms with Crippen molar-refractivity contribution in [3.8, 4) is 0 Å². The maximum Gasteiger partial charge on any atom is 0.0702 e. The summed E-state index contributed by atoms with van der Waals surface area (Å²) in [6.07, 6.45) is 7.02. The SMILES string of the molecule is CCCNCC1CCCN1CC1CCCO1. The molecule has 16 heavy (non-hydrogen) atoms. The molecule has 3 nitrogen and oxygen atoms in total. The molecule has 0 bridgehead atoms. The molecule has 0 spiro atoms. The molecule has 94 valence electrons. The van der Waals surface area contributed by atoms with E-state index < -0.39 is 0 Å². The van der Waals surface area contributed by atoms with Crippen molar-refractivity contribution < 1.29 is 4.74 Å². The zero-order chi connectivity index (χ0) is 11.2. The summed E-state index contributed by atoms with van der Waals surface area (Å²) in [6, 6.07) is 0.760. The molecular formula is C13H26N2O. The molecule has 2 unspecified atom stereocenters. The second kappa shape index (κ2) is 6.58. The first-order chi connectivity index (χ1) is 7.90. The highest BCUT2D eigenvalue weighted by molar-refractivity contribution is 4.83. The predicted molar refractivity (Wildman–Crippen MR) is 66.7 cm³/mol. The highest BCUT2D eigenvalue weighted by Crippen LogP contribution is 2.20. The van der Waals surface area contributed by atoms with E-state index in [1.807, 2.05) is 0 Å². The summed E-state index contributed by atoms with van der Waals surface area (Å²) in [6.45, 7) is 7.98. The molecule has 0 amide bonds. The molecule has 0 radical (unpaired) electrons. The van der Waals surface area contributed by atoms with E-state index in [2.05, 4.69) is 17.1 Å². The summed E-state index contributed by atoms with van der Waals surface area (Å²) in [5.41, 5.74) is 0. The van der Waals surface area contributed by atoms with Crippen LogP contribution in [0.1, 0.15) is 39.0 Å². The number of ether oxygens (including phenoxy) is 1. The summed E-state index contributed by atoms with van der Waals surface area (Å²) in [5, 5.41) is 3.55. The lowest BCUT2D eigenvalue weighted by atomic mass is 10.2. The first-order valence-corrected chi connectivity index (χ1v) is 6.96. The number of hydrogen-bond acceptors (Lipinski definition) is 3. The molecule has 2 fully saturated rings. The monoisotopic (exact) mass is 226 g/mol. The fraction of sp³-hybridized carbons (Fsp3) is 1.00. The number of hydrogen-bond donors (Lipinski definition) is 1. The van der Waals surface area contributed by atoms with E-state index in [1.54, 1.807) is 0 Å². The third-order valence-corrected chi connectivity index (χ3v) is 3.77. The molecule has 2 heterocycles. The molecule has 2 rings (SSSR count). The van der Waals surface area contributed by atoms with Gasteiger partial charge in [0.25, 0.3) is 0 Å². The lowest BCUT2D eigenvalue weighted by molar-refractivity contribution is 0.0689. The van der Waals surface area contributed by atoms with Crippen LogP contribution in [-0.4, -0.2) is 49.8 Å². The quantitative estimate of drug-likeness (QED) is 0.697. The van der Waals surface area contributed by atoms with Gasteiger partial charge in [0, 0.05) is 25.7 Å². The van der Waals surface area contributed by atoms with E-state index in [-0.39, 0.29) is 0 Å². The van der Waals surface area contributed by atoms with Gasteiger partial charge in [-0.1, -0.05) is 6.92 Å². The van der Waals surface area contributed by atoms with Crippen LogP contribution >= 0.6 is 0 Å². The smallest absolute Gasteiger partial charge is 0.0702 e. The summed E-state index contributed by atoms with van der Waals surface area (Å²) in [7, 11) is 0. The second-order valence-corrected chi connectivity index (χ2v) is 5.13. The molecule has 2 aliphatic heterocycles. The molecule has 0 aromatic heterocycles. The Balaban J connectivity index is 1.69. The van der Waals surface area contributed by atoms with Gasteiger partial charge >= 0.3 is 0 Å². The lowest BCUT2D eigenvalue weighted by Gasteiger charge is -2.27. The van der Waals surface area contributed by atoms with Gasteiger partial charge in [-0.3, -0.25) is 4.90 Å². The van der Waals surface area contributed by atoms with E-state index in [0.717, 1.165) is 19.2 Å². The van der Waals surface area contributed by atoms with Gasteiger partial charge in [0.2, 0.25) is 0 Å². The van der Waals surface area contributed by atoms with Crippen molar-refractivity contribution in [1.82, 2.24) is 10.2 Å². The Morgan fingerprint density at radius 1 is 1.31 bits per heavy atom. The van der Waals surface area contributed by atoms with Crippen LogP contribution in [0.2, 0.25) is 0 Å². The summed E-state index contributed by atoms with van der Waals surface area (Å²) in [5.74, 6) is 0. The third-order valence-electron chi connectivity index (χ3n) is 3.77. The van der Waals surface area contributed by atoms with Crippen LogP contribution in [0.25, 0.3) is 0 Å². The largest absolute Gasteiger partial charge is 0.377 e. The fourth-order valence-corrected chi connectivity index (χ4v) is 2.86. The van der Waals surface area contributed by atoms with Crippen molar-refractivity contribution in [2.24, 2.45) is 0 Å². The number of likely N-dealkylation sites (tertiary alicyclic amines) is 1. The van der Waals surface area contributed by atoms with Gasteiger partial charge in [-0.15, -0.1) is 0 Å². The van der Waals surface area contributed by atoms with E-state index in [4.69, 9.17) is 4.74 Å². The standard InChI is InChI=1S/C13H26N2O/c1-2-7-14-10-12-5-3-8-15(12)11-13-6-4-9-16-13/h12-14H,2-11H2,1H3. The van der Waals surface area contributed by atoms with Gasteiger partial charge in [0.1, 0.15) is 0 Å². The maximum atomic E-state index is 5.73. The molecule has 2 aliphatic rings. The van der Waals surface area contributed by atoms with Gasteiger partial charge in [-0.2, -0.15) is 0 Å². The Morgan fingerprint density at radius 2 is 2.25 bits per heavy atom. The van der Waals surface area contributed by atoms with Crippen molar-refractivity contribution in [3.05, 3.63) is 0 Å². The minimum absolute atomic E-state index is 0.520. The predicted octanol–water partition coefficient (Wildman–Crippen LogP) is 1.63. The minimum Gasteiger partial charge on any atom is -0.377 e. The van der Waals surface area contributed by atoms with Crippen LogP contribution in [0.15, 0.2) is 0 Å². The third kappa shape index (κ3) is 3.44. The first kappa shape index (κ1) is 12.3. The van der Waals surface area contributed by atoms with Crippen molar-refractivity contribution in [2.45, 2.75) is 51.2 Å². The zero-order valence-electron chi connectivity index (χ0n) is 10.6. The molecule has 2 saturated heterocycles. The van der Waals surface area contributed by atoms with Crippen LogP contribution in [-0.2, 0) is 4.74 Å². The molecule has 0 aliphatic carbocycles. The van der Waals surface area contributed by atoms with Crippen molar-refractivity contribution >= 4 is 0 Å². The minimum atomic E-state index is 0.520. The van der Waals surface area contributed by atoms with Crippen molar-refractivity contribution in [2.75, 3.05) is 32.8 Å². The molecular weight excluding hydrogens is 200 g/mol. The van der Waals surface area contributed by atoms with E-state index in [1.165, 1.54) is 51.7 Å². The lowest BCUT2D eigenvalue weighted by Crippen LogP contribution is -2.41. The van der Waals surface area contributed by atoms with Crippen LogP contribution in [0.3, 0.4) is 0 Å². The van der Waals surface area contributed by atoms with Gasteiger partial charge in [0.05, 0.1) is 6.10 Å². The Morgan fingerprint density at radius 3 is 3.00 bits per heavy atom. The molecule has 0 aromatic carbocycles. The number of nitrogens with one attached hydrogen (secondary N) is 1. The van der Waals surface area contributed by atoms with Gasteiger partial charge in [0.15, 0.2) is 0 Å². The summed E-state index contributed by atoms with van der Waals surface area (Å²) in [4.78, 5) is 2.64. The highest BCUT2D eigenvalue weighted by atomic mass is 16.5. The Labute approximate surface area is 99.5 Å². The zero-order valence-corrected chi connectivity index (χ0v) is 10.6. The average Bonchev–Trinajstić information content (AvgIpc) is 2.92. The van der Waals surface area contributed by atoms with Crippen LogP contribution in [0.5, 0.6) is 0 Å². The van der Waals surface area contributed by atoms with E-state index in [9.17, 15) is 0 Å². The van der Waals surface area contributed by atoms with Crippen LogP contribution in [0.4, 0.5) is 0 Å². The number of nitrogens with zero attached hydrogens (tertiary/aromatic N) is 1. The fourth-order valence-electron chi connectivity index (χ4n) is 2.86. The normalized spacial score (nSPS) is 31.3. The van der Waals surface area contributed by atoms with Crippen LogP contribution in [0, 0.1) is 0 Å². The van der Waals surface area contributed by atoms with Crippen LogP contribution < -0.4 is 5.32 Å². The average molecular weight is 226 g/mol. The summed E-state index contributed by atoms with van der Waals surface area (Å²) < 4.78 is 5.73. The molecule has 0 aromatic rings. The Hall–Kier alpha value is -0.120. The van der Waals surface area contributed by atoms with Gasteiger partial charge < -0.3 is 10.1 Å². The van der Waals surface area contributed by atoms with Crippen molar-refractivity contribution in [3.63, 3.8) is 0 Å². The first-order valence-electron chi connectivity index (χ1n) is 6.96. The molecule has 2 atom stereocenters. The van der Waals surface area contributed by atoms with Gasteiger partial charge in [-0.05, 0) is 45.2 Å².